The second kappa shape index (κ2) is 7.44. The Morgan fingerprint density at radius 3 is 2.90 bits per heavy atom. The number of aromatic nitrogens is 1. The summed E-state index contributed by atoms with van der Waals surface area (Å²) in [5.74, 6) is 2.46. The van der Waals surface area contributed by atoms with Gasteiger partial charge in [-0.1, -0.05) is 30.3 Å². The van der Waals surface area contributed by atoms with Gasteiger partial charge in [-0.15, -0.1) is 0 Å². The fourth-order valence-electron chi connectivity index (χ4n) is 6.56. The minimum absolute atomic E-state index is 0.367. The molecule has 4 heteroatoms. The lowest BCUT2D eigenvalue weighted by Crippen LogP contribution is -2.56. The number of phenols is 1. The van der Waals surface area contributed by atoms with E-state index in [0.717, 1.165) is 31.9 Å². The first-order chi connectivity index (χ1) is 14.8. The molecule has 3 aliphatic heterocycles. The molecule has 1 saturated carbocycles. The lowest BCUT2D eigenvalue weighted by Gasteiger charge is -2.53. The minimum atomic E-state index is 0.367. The number of phenolic OH excluding ortho intramolecular Hbond substituents is 1. The van der Waals surface area contributed by atoms with Crippen molar-refractivity contribution in [2.45, 2.75) is 44.2 Å². The number of nitrogens with zero attached hydrogens (tertiary/aromatic N) is 1. The second-order valence-electron chi connectivity index (χ2n) is 9.51. The average molecular weight is 403 g/mol. The molecule has 5 atom stereocenters. The summed E-state index contributed by atoms with van der Waals surface area (Å²) in [6.45, 7) is 3.95. The molecule has 4 bridgehead atoms. The van der Waals surface area contributed by atoms with Crippen LogP contribution in [-0.2, 0) is 17.8 Å². The van der Waals surface area contributed by atoms with Crippen LogP contribution < -0.4 is 0 Å². The van der Waals surface area contributed by atoms with E-state index in [9.17, 15) is 5.11 Å². The molecule has 2 N–H and O–H groups in total. The van der Waals surface area contributed by atoms with E-state index in [1.54, 1.807) is 6.07 Å². The van der Waals surface area contributed by atoms with Gasteiger partial charge >= 0.3 is 0 Å². The first kappa shape index (κ1) is 18.5. The van der Waals surface area contributed by atoms with Crippen molar-refractivity contribution in [2.75, 3.05) is 19.7 Å². The second-order valence-corrected chi connectivity index (χ2v) is 9.51. The van der Waals surface area contributed by atoms with E-state index >= 15 is 0 Å². The molecule has 4 heterocycles. The maximum absolute atomic E-state index is 10.0. The van der Waals surface area contributed by atoms with Gasteiger partial charge in [0.1, 0.15) is 5.75 Å². The highest BCUT2D eigenvalue weighted by atomic mass is 16.5. The molecule has 1 aliphatic carbocycles. The molecule has 3 fully saturated rings. The third kappa shape index (κ3) is 3.14. The van der Waals surface area contributed by atoms with Crippen molar-refractivity contribution in [3.63, 3.8) is 0 Å². The number of benzene rings is 2. The van der Waals surface area contributed by atoms with Crippen molar-refractivity contribution in [1.29, 1.82) is 0 Å². The number of hydrogen-bond donors (Lipinski definition) is 2. The Kier molecular flexibility index (Phi) is 4.58. The molecule has 2 saturated heterocycles. The summed E-state index contributed by atoms with van der Waals surface area (Å²) < 4.78 is 6.06. The standard InChI is InChI=1S/C26H30N2O2/c29-20-6-7-24-22(14-20)21-8-10-28-15-18-12-19(26(28)23(13-18)25(21)27-24)9-11-30-16-17-4-2-1-3-5-17/h1-7,14,18-19,23,26-27,29H,8-13,15-16H2. The quantitative estimate of drug-likeness (QED) is 0.601. The maximum Gasteiger partial charge on any atom is 0.116 e. The molecule has 1 aromatic heterocycles. The normalized spacial score (nSPS) is 29.7. The van der Waals surface area contributed by atoms with Gasteiger partial charge in [-0.2, -0.15) is 0 Å². The summed E-state index contributed by atoms with van der Waals surface area (Å²) in [6.07, 6.45) is 4.88. The lowest BCUT2D eigenvalue weighted by atomic mass is 9.65. The number of piperidine rings is 2. The van der Waals surface area contributed by atoms with E-state index in [1.807, 2.05) is 12.1 Å². The molecule has 0 radical (unpaired) electrons. The van der Waals surface area contributed by atoms with E-state index in [4.69, 9.17) is 4.74 Å². The summed E-state index contributed by atoms with van der Waals surface area (Å²) in [4.78, 5) is 6.53. The minimum Gasteiger partial charge on any atom is -0.508 e. The largest absolute Gasteiger partial charge is 0.508 e. The smallest absolute Gasteiger partial charge is 0.116 e. The van der Waals surface area contributed by atoms with Crippen LogP contribution in [-0.4, -0.2) is 40.7 Å². The highest BCUT2D eigenvalue weighted by Crippen LogP contribution is 2.51. The van der Waals surface area contributed by atoms with Crippen LogP contribution in [0.15, 0.2) is 48.5 Å². The van der Waals surface area contributed by atoms with E-state index in [-0.39, 0.29) is 0 Å². The highest BCUT2D eigenvalue weighted by Gasteiger charge is 2.49. The van der Waals surface area contributed by atoms with Gasteiger partial charge in [0.05, 0.1) is 6.61 Å². The molecular weight excluding hydrogens is 372 g/mol. The molecule has 7 rings (SSSR count). The van der Waals surface area contributed by atoms with E-state index in [2.05, 4.69) is 40.2 Å². The van der Waals surface area contributed by atoms with Gasteiger partial charge in [-0.3, -0.25) is 4.90 Å². The van der Waals surface area contributed by atoms with Crippen molar-refractivity contribution in [2.24, 2.45) is 11.8 Å². The van der Waals surface area contributed by atoms with E-state index in [1.165, 1.54) is 47.1 Å². The number of nitrogens with one attached hydrogen (secondary N) is 1. The third-order valence-electron chi connectivity index (χ3n) is 7.72. The number of H-pyrrole nitrogens is 1. The van der Waals surface area contributed by atoms with Crippen LogP contribution in [0.25, 0.3) is 10.9 Å². The number of aromatic hydroxyl groups is 1. The molecule has 30 heavy (non-hydrogen) atoms. The Bertz CT molecular complexity index is 1040. The van der Waals surface area contributed by atoms with Crippen LogP contribution in [0.5, 0.6) is 5.75 Å². The lowest BCUT2D eigenvalue weighted by molar-refractivity contribution is -0.0263. The average Bonchev–Trinajstić information content (AvgIpc) is 3.08. The molecule has 2 aromatic carbocycles. The molecule has 4 nitrogen and oxygen atoms in total. The molecule has 0 spiro atoms. The molecule has 0 amide bonds. The van der Waals surface area contributed by atoms with Crippen molar-refractivity contribution < 1.29 is 9.84 Å². The summed E-state index contributed by atoms with van der Waals surface area (Å²) in [5, 5.41) is 11.2. The maximum atomic E-state index is 10.0. The SMILES string of the molecule is Oc1ccc2[nH]c3c(c2c1)CCN1CC2CC(CCOCc4ccccc4)C1C3C2. The van der Waals surface area contributed by atoms with Crippen LogP contribution >= 0.6 is 0 Å². The Hall–Kier alpha value is -2.30. The molecule has 5 unspecified atom stereocenters. The van der Waals surface area contributed by atoms with Gasteiger partial charge in [0, 0.05) is 48.3 Å². The zero-order valence-electron chi connectivity index (χ0n) is 17.4. The van der Waals surface area contributed by atoms with Gasteiger partial charge in [-0.25, -0.2) is 0 Å². The van der Waals surface area contributed by atoms with Crippen LogP contribution in [0.3, 0.4) is 0 Å². The van der Waals surface area contributed by atoms with E-state index < -0.39 is 0 Å². The Morgan fingerprint density at radius 1 is 1.10 bits per heavy atom. The van der Waals surface area contributed by atoms with Gasteiger partial charge < -0.3 is 14.8 Å². The van der Waals surface area contributed by atoms with Gasteiger partial charge in [-0.05, 0) is 66.8 Å². The number of ether oxygens (including phenoxy) is 1. The van der Waals surface area contributed by atoms with Gasteiger partial charge in [0.25, 0.3) is 0 Å². The predicted octanol–water partition coefficient (Wildman–Crippen LogP) is 4.83. The molecular formula is C26H30N2O2. The zero-order chi connectivity index (χ0) is 20.1. The zero-order valence-corrected chi connectivity index (χ0v) is 17.4. The fourth-order valence-corrected chi connectivity index (χ4v) is 6.56. The number of rotatable bonds is 5. The molecule has 156 valence electrons. The first-order valence-electron chi connectivity index (χ1n) is 11.5. The van der Waals surface area contributed by atoms with Crippen molar-refractivity contribution in [1.82, 2.24) is 9.88 Å². The van der Waals surface area contributed by atoms with E-state index in [0.29, 0.717) is 30.2 Å². The summed E-state index contributed by atoms with van der Waals surface area (Å²) in [6, 6.07) is 16.9. The summed E-state index contributed by atoms with van der Waals surface area (Å²) >= 11 is 0. The van der Waals surface area contributed by atoms with Crippen LogP contribution in [0.4, 0.5) is 0 Å². The summed E-state index contributed by atoms with van der Waals surface area (Å²) in [5.41, 5.74) is 5.32. The third-order valence-corrected chi connectivity index (χ3v) is 7.72. The number of fused-ring (bicyclic) bond motifs is 4. The van der Waals surface area contributed by atoms with Gasteiger partial charge in [0.2, 0.25) is 0 Å². The van der Waals surface area contributed by atoms with Crippen LogP contribution in [0.1, 0.15) is 42.0 Å². The Balaban J connectivity index is 1.22. The molecule has 4 aliphatic rings. The highest BCUT2D eigenvalue weighted by molar-refractivity contribution is 5.86. The van der Waals surface area contributed by atoms with Crippen molar-refractivity contribution in [3.05, 3.63) is 65.4 Å². The van der Waals surface area contributed by atoms with Crippen molar-refractivity contribution in [3.8, 4) is 5.75 Å². The molecule has 3 aromatic rings. The summed E-state index contributed by atoms with van der Waals surface area (Å²) in [7, 11) is 0. The topological polar surface area (TPSA) is 48.5 Å². The Labute approximate surface area is 177 Å². The number of aromatic amines is 1. The first-order valence-corrected chi connectivity index (χ1v) is 11.5. The Morgan fingerprint density at radius 2 is 2.00 bits per heavy atom. The van der Waals surface area contributed by atoms with Crippen molar-refractivity contribution >= 4 is 10.9 Å². The van der Waals surface area contributed by atoms with Crippen LogP contribution in [0, 0.1) is 11.8 Å². The van der Waals surface area contributed by atoms with Crippen LogP contribution in [0.2, 0.25) is 0 Å². The predicted molar refractivity (Wildman–Crippen MR) is 119 cm³/mol. The fraction of sp³-hybridized carbons (Fsp3) is 0.462. The number of hydrogen-bond acceptors (Lipinski definition) is 3. The monoisotopic (exact) mass is 402 g/mol. The van der Waals surface area contributed by atoms with Gasteiger partial charge in [0.15, 0.2) is 0 Å².